The van der Waals surface area contributed by atoms with Gasteiger partial charge >= 0.3 is 5.63 Å². The fourth-order valence-electron chi connectivity index (χ4n) is 2.43. The minimum absolute atomic E-state index is 0.211. The van der Waals surface area contributed by atoms with Crippen LogP contribution in [0.1, 0.15) is 0 Å². The average molecular weight is 360 g/mol. The molecule has 2 aromatic carbocycles. The van der Waals surface area contributed by atoms with Crippen molar-refractivity contribution in [1.29, 1.82) is 0 Å². The van der Waals surface area contributed by atoms with E-state index in [-0.39, 0.29) is 17.4 Å². The molecule has 3 rings (SSSR count). The van der Waals surface area contributed by atoms with E-state index >= 15 is 0 Å². The van der Waals surface area contributed by atoms with E-state index in [2.05, 4.69) is 0 Å². The third-order valence-corrected chi connectivity index (χ3v) is 3.86. The Labute approximate surface area is 147 Å². The highest BCUT2D eigenvalue weighted by Crippen LogP contribution is 2.35. The maximum absolute atomic E-state index is 11.9. The Morgan fingerprint density at radius 2 is 1.92 bits per heavy atom. The van der Waals surface area contributed by atoms with Crippen molar-refractivity contribution in [2.75, 3.05) is 13.7 Å². The molecule has 0 unspecified atom stereocenters. The van der Waals surface area contributed by atoms with Crippen LogP contribution >= 0.6 is 11.6 Å². The van der Waals surface area contributed by atoms with E-state index in [0.717, 1.165) is 5.56 Å². The summed E-state index contributed by atoms with van der Waals surface area (Å²) in [6.07, 6.45) is 0. The van der Waals surface area contributed by atoms with Gasteiger partial charge in [0.25, 0.3) is 5.91 Å². The Morgan fingerprint density at radius 1 is 1.20 bits per heavy atom. The molecule has 0 fully saturated rings. The zero-order valence-corrected chi connectivity index (χ0v) is 14.0. The van der Waals surface area contributed by atoms with Crippen molar-refractivity contribution in [3.63, 3.8) is 0 Å². The quantitative estimate of drug-likeness (QED) is 0.707. The first-order valence-electron chi connectivity index (χ1n) is 7.31. The van der Waals surface area contributed by atoms with E-state index in [1.807, 2.05) is 12.1 Å². The summed E-state index contributed by atoms with van der Waals surface area (Å²) in [6.45, 7) is -0.326. The number of halogens is 1. The van der Waals surface area contributed by atoms with E-state index in [0.29, 0.717) is 22.3 Å². The molecular formula is C18H14ClNO5. The Bertz CT molecular complexity index is 995. The Kier molecular flexibility index (Phi) is 4.63. The number of carbonyl (C=O) groups is 1. The van der Waals surface area contributed by atoms with Crippen LogP contribution in [0.15, 0.2) is 51.7 Å². The van der Waals surface area contributed by atoms with Crippen LogP contribution < -0.4 is 20.8 Å². The first-order valence-corrected chi connectivity index (χ1v) is 7.68. The Hall–Kier alpha value is -2.99. The number of rotatable bonds is 5. The highest BCUT2D eigenvalue weighted by Gasteiger charge is 2.13. The lowest BCUT2D eigenvalue weighted by atomic mass is 10.0. The summed E-state index contributed by atoms with van der Waals surface area (Å²) in [6, 6.07) is 11.7. The molecule has 6 nitrogen and oxygen atoms in total. The predicted octanol–water partition coefficient (Wildman–Crippen LogP) is 2.99. The van der Waals surface area contributed by atoms with Gasteiger partial charge in [-0.1, -0.05) is 23.7 Å². The first-order chi connectivity index (χ1) is 12.0. The van der Waals surface area contributed by atoms with E-state index in [1.165, 1.54) is 12.1 Å². The predicted molar refractivity (Wildman–Crippen MR) is 94.2 cm³/mol. The molecular weight excluding hydrogens is 346 g/mol. The topological polar surface area (TPSA) is 91.8 Å². The van der Waals surface area contributed by atoms with E-state index < -0.39 is 11.5 Å². The molecule has 0 atom stereocenters. The minimum Gasteiger partial charge on any atom is -0.497 e. The smallest absolute Gasteiger partial charge is 0.336 e. The van der Waals surface area contributed by atoms with Gasteiger partial charge in [-0.15, -0.1) is 0 Å². The zero-order valence-electron chi connectivity index (χ0n) is 13.2. The van der Waals surface area contributed by atoms with Gasteiger partial charge < -0.3 is 19.6 Å². The molecule has 1 heterocycles. The number of hydrogen-bond donors (Lipinski definition) is 1. The van der Waals surface area contributed by atoms with Crippen LogP contribution in [-0.2, 0) is 4.79 Å². The molecule has 7 heteroatoms. The van der Waals surface area contributed by atoms with Gasteiger partial charge in [-0.25, -0.2) is 4.79 Å². The molecule has 1 aromatic heterocycles. The van der Waals surface area contributed by atoms with Crippen molar-refractivity contribution in [3.8, 4) is 22.6 Å². The number of ether oxygens (including phenoxy) is 2. The van der Waals surface area contributed by atoms with Gasteiger partial charge in [0.05, 0.1) is 12.1 Å². The van der Waals surface area contributed by atoms with Crippen LogP contribution in [0.5, 0.6) is 11.5 Å². The summed E-state index contributed by atoms with van der Waals surface area (Å²) in [7, 11) is 1.58. The number of nitrogens with two attached hydrogens (primary N) is 1. The number of primary amides is 1. The molecule has 25 heavy (non-hydrogen) atoms. The fraction of sp³-hybridized carbons (Fsp3) is 0.111. The second-order valence-electron chi connectivity index (χ2n) is 5.24. The molecule has 0 radical (unpaired) electrons. The van der Waals surface area contributed by atoms with Gasteiger partial charge in [0.15, 0.2) is 6.61 Å². The maximum Gasteiger partial charge on any atom is 0.336 e. The number of carbonyl (C=O) groups excluding carboxylic acids is 1. The number of methoxy groups -OCH3 is 1. The highest BCUT2D eigenvalue weighted by molar-refractivity contribution is 6.33. The number of fused-ring (bicyclic) bond motifs is 1. The summed E-state index contributed by atoms with van der Waals surface area (Å²) >= 11 is 6.22. The molecule has 0 spiro atoms. The van der Waals surface area contributed by atoms with Gasteiger partial charge in [0.2, 0.25) is 0 Å². The van der Waals surface area contributed by atoms with Crippen molar-refractivity contribution in [3.05, 3.63) is 57.9 Å². The molecule has 0 aliphatic rings. The normalized spacial score (nSPS) is 10.6. The lowest BCUT2D eigenvalue weighted by Gasteiger charge is -2.10. The molecule has 3 aromatic rings. The average Bonchev–Trinajstić information content (AvgIpc) is 2.59. The van der Waals surface area contributed by atoms with Crippen molar-refractivity contribution < 1.29 is 18.7 Å². The second-order valence-corrected chi connectivity index (χ2v) is 5.65. The van der Waals surface area contributed by atoms with E-state index in [1.54, 1.807) is 25.3 Å². The Balaban J connectivity index is 2.14. The van der Waals surface area contributed by atoms with Crippen LogP contribution in [-0.4, -0.2) is 19.6 Å². The molecule has 0 saturated heterocycles. The summed E-state index contributed by atoms with van der Waals surface area (Å²) < 4.78 is 15.6. The van der Waals surface area contributed by atoms with Gasteiger partial charge in [-0.05, 0) is 29.3 Å². The lowest BCUT2D eigenvalue weighted by molar-refractivity contribution is -0.119. The van der Waals surface area contributed by atoms with Crippen LogP contribution in [0.4, 0.5) is 0 Å². The van der Waals surface area contributed by atoms with Gasteiger partial charge in [-0.3, -0.25) is 4.79 Å². The fourth-order valence-corrected chi connectivity index (χ4v) is 2.65. The third-order valence-electron chi connectivity index (χ3n) is 3.57. The van der Waals surface area contributed by atoms with Crippen molar-refractivity contribution in [1.82, 2.24) is 0 Å². The highest BCUT2D eigenvalue weighted by atomic mass is 35.5. The summed E-state index contributed by atoms with van der Waals surface area (Å²) in [5, 5.41) is 0.915. The number of benzene rings is 2. The van der Waals surface area contributed by atoms with Gasteiger partial charge in [0.1, 0.15) is 17.1 Å². The van der Waals surface area contributed by atoms with Crippen LogP contribution in [0, 0.1) is 0 Å². The van der Waals surface area contributed by atoms with Crippen molar-refractivity contribution in [2.45, 2.75) is 0 Å². The molecule has 0 aliphatic heterocycles. The van der Waals surface area contributed by atoms with E-state index in [9.17, 15) is 9.59 Å². The molecule has 0 aliphatic carbocycles. The molecule has 128 valence electrons. The Morgan fingerprint density at radius 3 is 2.56 bits per heavy atom. The van der Waals surface area contributed by atoms with Crippen LogP contribution in [0.25, 0.3) is 22.1 Å². The largest absolute Gasteiger partial charge is 0.497 e. The molecule has 0 bridgehead atoms. The van der Waals surface area contributed by atoms with Crippen molar-refractivity contribution >= 4 is 28.5 Å². The van der Waals surface area contributed by atoms with Crippen LogP contribution in [0.2, 0.25) is 5.02 Å². The van der Waals surface area contributed by atoms with Crippen LogP contribution in [0.3, 0.4) is 0 Å². The minimum atomic E-state index is -0.635. The SMILES string of the molecule is COc1ccc(-c2cc(=O)oc3cc(OCC(N)=O)c(Cl)cc23)cc1. The molecule has 1 amide bonds. The standard InChI is InChI=1S/C18H14ClNO5/c1-23-11-4-2-10(3-5-11)12-7-18(22)25-15-8-16(24-9-17(20)21)14(19)6-13(12)15/h2-8H,9H2,1H3,(H2,20,21). The molecule has 2 N–H and O–H groups in total. The first kappa shape index (κ1) is 16.9. The van der Waals surface area contributed by atoms with Gasteiger partial charge in [-0.2, -0.15) is 0 Å². The summed E-state index contributed by atoms with van der Waals surface area (Å²) in [5.41, 5.74) is 6.31. The zero-order chi connectivity index (χ0) is 18.0. The second kappa shape index (κ2) is 6.86. The third kappa shape index (κ3) is 3.59. The number of hydrogen-bond acceptors (Lipinski definition) is 5. The summed E-state index contributed by atoms with van der Waals surface area (Å²) in [4.78, 5) is 22.8. The number of amides is 1. The van der Waals surface area contributed by atoms with E-state index in [4.69, 9.17) is 31.2 Å². The summed E-state index contributed by atoms with van der Waals surface area (Å²) in [5.74, 6) is 0.281. The van der Waals surface area contributed by atoms with Crippen molar-refractivity contribution in [2.24, 2.45) is 5.73 Å². The maximum atomic E-state index is 11.9. The lowest BCUT2D eigenvalue weighted by Crippen LogP contribution is -2.20. The molecule has 0 saturated carbocycles. The van der Waals surface area contributed by atoms with Gasteiger partial charge in [0, 0.05) is 17.5 Å². The monoisotopic (exact) mass is 359 g/mol.